The lowest BCUT2D eigenvalue weighted by atomic mass is 10.1. The lowest BCUT2D eigenvalue weighted by Gasteiger charge is -2.16. The van der Waals surface area contributed by atoms with Crippen LogP contribution in [-0.4, -0.2) is 23.2 Å². The first-order valence-electron chi connectivity index (χ1n) is 7.36. The van der Waals surface area contributed by atoms with Crippen LogP contribution in [0.1, 0.15) is 15.9 Å². The Hall–Kier alpha value is -2.59. The highest BCUT2D eigenvalue weighted by Gasteiger charge is 2.30. The van der Waals surface area contributed by atoms with Gasteiger partial charge in [0, 0.05) is 34.4 Å². The van der Waals surface area contributed by atoms with Gasteiger partial charge in [-0.3, -0.25) is 9.59 Å². The number of Topliss-reactive ketones (excluding diaryl/α,β-unsaturated/α-hetero) is 1. The molecular formula is C18H13ClN2O2. The zero-order valence-electron chi connectivity index (χ0n) is 12.2. The molecule has 4 nitrogen and oxygen atoms in total. The zero-order chi connectivity index (χ0) is 16.0. The molecule has 0 aliphatic carbocycles. The van der Waals surface area contributed by atoms with Crippen molar-refractivity contribution in [3.63, 3.8) is 0 Å². The minimum atomic E-state index is -0.504. The lowest BCUT2D eigenvalue weighted by molar-refractivity contribution is -0.114. The van der Waals surface area contributed by atoms with E-state index in [1.807, 2.05) is 24.3 Å². The first-order valence-corrected chi connectivity index (χ1v) is 7.73. The van der Waals surface area contributed by atoms with E-state index in [0.29, 0.717) is 22.5 Å². The number of nitrogens with zero attached hydrogens (tertiary/aromatic N) is 1. The highest BCUT2D eigenvalue weighted by atomic mass is 35.5. The number of aromatic nitrogens is 1. The number of para-hydroxylation sites is 1. The van der Waals surface area contributed by atoms with Gasteiger partial charge in [0.05, 0.1) is 5.56 Å². The molecule has 1 aliphatic rings. The van der Waals surface area contributed by atoms with E-state index < -0.39 is 11.7 Å². The van der Waals surface area contributed by atoms with Crippen molar-refractivity contribution >= 4 is 39.9 Å². The van der Waals surface area contributed by atoms with E-state index in [-0.39, 0.29) is 0 Å². The second-order valence-electron chi connectivity index (χ2n) is 5.56. The predicted octanol–water partition coefficient (Wildman–Crippen LogP) is 3.59. The molecule has 0 spiro atoms. The molecule has 0 fully saturated rings. The molecule has 4 rings (SSSR count). The maximum Gasteiger partial charge on any atom is 0.299 e. The number of nitrogens with one attached hydrogen (secondary N) is 1. The number of anilines is 1. The van der Waals surface area contributed by atoms with Gasteiger partial charge in [-0.1, -0.05) is 35.9 Å². The summed E-state index contributed by atoms with van der Waals surface area (Å²) < 4.78 is 0. The van der Waals surface area contributed by atoms with Gasteiger partial charge in [0.15, 0.2) is 0 Å². The third-order valence-electron chi connectivity index (χ3n) is 4.21. The minimum Gasteiger partial charge on any atom is -0.360 e. The molecule has 0 unspecified atom stereocenters. The first kappa shape index (κ1) is 14.0. The summed E-state index contributed by atoms with van der Waals surface area (Å²) in [7, 11) is 0. The van der Waals surface area contributed by atoms with Crippen LogP contribution in [-0.2, 0) is 11.2 Å². The molecule has 3 aromatic rings. The topological polar surface area (TPSA) is 53.2 Å². The molecule has 0 saturated carbocycles. The minimum absolute atomic E-state index is 0.381. The van der Waals surface area contributed by atoms with Gasteiger partial charge in [-0.05, 0) is 30.2 Å². The number of rotatable bonds is 2. The standard InChI is InChI=1S/C18H13ClN2O2/c19-12-5-6-13-14(10-20-15(13)9-12)17(22)18(23)21-8-7-11-3-1-2-4-16(11)21/h1-6,9-10,20H,7-8H2. The number of carbonyl (C=O) groups is 2. The summed E-state index contributed by atoms with van der Waals surface area (Å²) in [4.78, 5) is 29.9. The number of benzene rings is 2. The molecule has 0 radical (unpaired) electrons. The van der Waals surface area contributed by atoms with Gasteiger partial charge >= 0.3 is 0 Å². The van der Waals surface area contributed by atoms with Gasteiger partial charge in [-0.25, -0.2) is 0 Å². The van der Waals surface area contributed by atoms with E-state index in [1.54, 1.807) is 29.3 Å². The van der Waals surface area contributed by atoms with Crippen molar-refractivity contribution in [2.45, 2.75) is 6.42 Å². The van der Waals surface area contributed by atoms with Crippen molar-refractivity contribution in [1.82, 2.24) is 4.98 Å². The largest absolute Gasteiger partial charge is 0.360 e. The van der Waals surface area contributed by atoms with E-state index in [0.717, 1.165) is 23.2 Å². The number of H-pyrrole nitrogens is 1. The van der Waals surface area contributed by atoms with E-state index >= 15 is 0 Å². The molecule has 1 aromatic heterocycles. The summed E-state index contributed by atoms with van der Waals surface area (Å²) in [6, 6.07) is 12.9. The van der Waals surface area contributed by atoms with Gasteiger partial charge in [0.25, 0.3) is 11.7 Å². The molecular weight excluding hydrogens is 312 g/mol. The summed E-state index contributed by atoms with van der Waals surface area (Å²) in [6.45, 7) is 0.540. The van der Waals surface area contributed by atoms with Gasteiger partial charge in [-0.2, -0.15) is 0 Å². The molecule has 2 heterocycles. The number of carbonyl (C=O) groups excluding carboxylic acids is 2. The van der Waals surface area contributed by atoms with Gasteiger partial charge < -0.3 is 9.88 Å². The molecule has 23 heavy (non-hydrogen) atoms. The fourth-order valence-corrected chi connectivity index (χ4v) is 3.25. The van der Waals surface area contributed by atoms with Crippen LogP contribution in [0.25, 0.3) is 10.9 Å². The SMILES string of the molecule is O=C(C(=O)N1CCc2ccccc21)c1c[nH]c2cc(Cl)ccc12. The van der Waals surface area contributed by atoms with Crippen LogP contribution in [0.4, 0.5) is 5.69 Å². The van der Waals surface area contributed by atoms with Crippen molar-refractivity contribution in [1.29, 1.82) is 0 Å². The molecule has 1 aliphatic heterocycles. The van der Waals surface area contributed by atoms with Gasteiger partial charge in [0.1, 0.15) is 0 Å². The van der Waals surface area contributed by atoms with Crippen molar-refractivity contribution in [3.05, 3.63) is 64.8 Å². The maximum absolute atomic E-state index is 12.7. The van der Waals surface area contributed by atoms with Crippen LogP contribution in [0.2, 0.25) is 5.02 Å². The van der Waals surface area contributed by atoms with E-state index in [9.17, 15) is 9.59 Å². The summed E-state index contributed by atoms with van der Waals surface area (Å²) >= 11 is 5.95. The number of amides is 1. The van der Waals surface area contributed by atoms with Gasteiger partial charge in [-0.15, -0.1) is 0 Å². The quantitative estimate of drug-likeness (QED) is 0.578. The Bertz CT molecular complexity index is 945. The predicted molar refractivity (Wildman–Crippen MR) is 90.1 cm³/mol. The average molecular weight is 325 g/mol. The fraction of sp³-hybridized carbons (Fsp3) is 0.111. The van der Waals surface area contributed by atoms with Crippen LogP contribution < -0.4 is 4.90 Å². The average Bonchev–Trinajstić information content (AvgIpc) is 3.17. The number of hydrogen-bond donors (Lipinski definition) is 1. The Balaban J connectivity index is 1.70. The first-order chi connectivity index (χ1) is 11.1. The zero-order valence-corrected chi connectivity index (χ0v) is 12.9. The molecule has 0 saturated heterocycles. The molecule has 5 heteroatoms. The smallest absolute Gasteiger partial charge is 0.299 e. The van der Waals surface area contributed by atoms with Crippen LogP contribution in [0.15, 0.2) is 48.7 Å². The van der Waals surface area contributed by atoms with Crippen molar-refractivity contribution in [2.24, 2.45) is 0 Å². The van der Waals surface area contributed by atoms with E-state index in [4.69, 9.17) is 11.6 Å². The Kier molecular flexibility index (Phi) is 3.20. The highest BCUT2D eigenvalue weighted by Crippen LogP contribution is 2.29. The number of hydrogen-bond acceptors (Lipinski definition) is 2. The van der Waals surface area contributed by atoms with Crippen molar-refractivity contribution in [3.8, 4) is 0 Å². The summed E-state index contributed by atoms with van der Waals surface area (Å²) in [6.07, 6.45) is 2.35. The fourth-order valence-electron chi connectivity index (χ4n) is 3.07. The number of halogens is 1. The second-order valence-corrected chi connectivity index (χ2v) is 5.99. The van der Waals surface area contributed by atoms with Crippen LogP contribution in [0.3, 0.4) is 0 Å². The second kappa shape index (κ2) is 5.25. The van der Waals surface area contributed by atoms with Crippen molar-refractivity contribution < 1.29 is 9.59 Å². The van der Waals surface area contributed by atoms with Crippen LogP contribution >= 0.6 is 11.6 Å². The summed E-state index contributed by atoms with van der Waals surface area (Å²) in [5.41, 5.74) is 3.05. The highest BCUT2D eigenvalue weighted by molar-refractivity contribution is 6.49. The Morgan fingerprint density at radius 3 is 2.83 bits per heavy atom. The molecule has 1 amide bonds. The number of ketones is 1. The summed E-state index contributed by atoms with van der Waals surface area (Å²) in [5, 5.41) is 1.29. The monoisotopic (exact) mass is 324 g/mol. The molecule has 0 atom stereocenters. The molecule has 2 aromatic carbocycles. The Morgan fingerprint density at radius 1 is 1.13 bits per heavy atom. The van der Waals surface area contributed by atoms with Crippen molar-refractivity contribution in [2.75, 3.05) is 11.4 Å². The maximum atomic E-state index is 12.7. The molecule has 114 valence electrons. The Labute approximate surface area is 137 Å². The van der Waals surface area contributed by atoms with E-state index in [2.05, 4.69) is 4.98 Å². The number of aromatic amines is 1. The third kappa shape index (κ3) is 2.23. The molecule has 1 N–H and O–H groups in total. The third-order valence-corrected chi connectivity index (χ3v) is 4.45. The Morgan fingerprint density at radius 2 is 1.96 bits per heavy atom. The summed E-state index contributed by atoms with van der Waals surface area (Å²) in [5.74, 6) is -0.999. The van der Waals surface area contributed by atoms with Gasteiger partial charge in [0.2, 0.25) is 0 Å². The van der Waals surface area contributed by atoms with Crippen LogP contribution in [0, 0.1) is 0 Å². The normalized spacial score (nSPS) is 13.3. The molecule has 0 bridgehead atoms. The van der Waals surface area contributed by atoms with Crippen LogP contribution in [0.5, 0.6) is 0 Å². The van der Waals surface area contributed by atoms with E-state index in [1.165, 1.54) is 0 Å². The lowest BCUT2D eigenvalue weighted by Crippen LogP contribution is -2.35. The number of fused-ring (bicyclic) bond motifs is 2.